The van der Waals surface area contributed by atoms with Gasteiger partial charge in [-0.25, -0.2) is 4.98 Å². The smallest absolute Gasteiger partial charge is 0.242 e. The molecule has 0 aromatic carbocycles. The topological polar surface area (TPSA) is 103 Å². The Morgan fingerprint density at radius 2 is 2.29 bits per heavy atom. The molecule has 7 nitrogen and oxygen atoms in total. The zero-order chi connectivity index (χ0) is 12.7. The van der Waals surface area contributed by atoms with E-state index in [-0.39, 0.29) is 12.6 Å². The summed E-state index contributed by atoms with van der Waals surface area (Å²) in [4.78, 5) is 7.91. The van der Waals surface area contributed by atoms with Crippen molar-refractivity contribution in [2.75, 3.05) is 38.0 Å². The van der Waals surface area contributed by atoms with Gasteiger partial charge in [0.25, 0.3) is 0 Å². The van der Waals surface area contributed by atoms with Crippen LogP contribution in [-0.2, 0) is 4.74 Å². The first kappa shape index (κ1) is 13.5. The van der Waals surface area contributed by atoms with Crippen LogP contribution >= 0.6 is 0 Å². The molecule has 0 aliphatic carbocycles. The highest BCUT2D eigenvalue weighted by atomic mass is 16.5. The Morgan fingerprint density at radius 1 is 1.53 bits per heavy atom. The lowest BCUT2D eigenvalue weighted by atomic mass is 10.3. The van der Waals surface area contributed by atoms with E-state index in [1.54, 1.807) is 7.11 Å². The summed E-state index contributed by atoms with van der Waals surface area (Å²) in [6.07, 6.45) is 1.35. The lowest BCUT2D eigenvalue weighted by Crippen LogP contribution is -2.29. The molecule has 1 aromatic rings. The molecule has 0 amide bonds. The SMILES string of the molecule is CCOc1ncnc(NC(CO)COC)c1N. The van der Waals surface area contributed by atoms with Crippen molar-refractivity contribution in [3.05, 3.63) is 6.33 Å². The van der Waals surface area contributed by atoms with E-state index in [0.717, 1.165) is 0 Å². The maximum Gasteiger partial charge on any atom is 0.242 e. The minimum Gasteiger partial charge on any atom is -0.476 e. The molecular weight excluding hydrogens is 224 g/mol. The van der Waals surface area contributed by atoms with Gasteiger partial charge in [0, 0.05) is 7.11 Å². The average Bonchev–Trinajstić information content (AvgIpc) is 2.33. The number of ether oxygens (including phenoxy) is 2. The van der Waals surface area contributed by atoms with Gasteiger partial charge < -0.3 is 25.6 Å². The Morgan fingerprint density at radius 3 is 2.88 bits per heavy atom. The van der Waals surface area contributed by atoms with Crippen LogP contribution in [0.25, 0.3) is 0 Å². The van der Waals surface area contributed by atoms with Gasteiger partial charge in [-0.1, -0.05) is 0 Å². The maximum atomic E-state index is 9.12. The van der Waals surface area contributed by atoms with E-state index >= 15 is 0 Å². The van der Waals surface area contributed by atoms with Gasteiger partial charge >= 0.3 is 0 Å². The number of aliphatic hydroxyl groups excluding tert-OH is 1. The maximum absolute atomic E-state index is 9.12. The lowest BCUT2D eigenvalue weighted by molar-refractivity contribution is 0.153. The van der Waals surface area contributed by atoms with E-state index in [1.165, 1.54) is 6.33 Å². The van der Waals surface area contributed by atoms with Crippen molar-refractivity contribution < 1.29 is 14.6 Å². The highest BCUT2D eigenvalue weighted by molar-refractivity contribution is 5.66. The Labute approximate surface area is 100.0 Å². The molecule has 0 saturated heterocycles. The van der Waals surface area contributed by atoms with Crippen molar-refractivity contribution in [2.24, 2.45) is 0 Å². The third-order valence-electron chi connectivity index (χ3n) is 2.06. The Kier molecular flexibility index (Phi) is 5.44. The van der Waals surface area contributed by atoms with E-state index in [2.05, 4.69) is 15.3 Å². The Hall–Kier alpha value is -1.60. The zero-order valence-electron chi connectivity index (χ0n) is 10.0. The number of aliphatic hydroxyl groups is 1. The van der Waals surface area contributed by atoms with Crippen molar-refractivity contribution in [1.82, 2.24) is 9.97 Å². The molecule has 1 unspecified atom stereocenters. The number of anilines is 2. The van der Waals surface area contributed by atoms with Gasteiger partial charge in [0.2, 0.25) is 5.88 Å². The molecule has 17 heavy (non-hydrogen) atoms. The van der Waals surface area contributed by atoms with Crippen LogP contribution in [0.1, 0.15) is 6.92 Å². The Balaban J connectivity index is 2.79. The van der Waals surface area contributed by atoms with Gasteiger partial charge in [0.15, 0.2) is 5.82 Å². The number of nitrogens with zero attached hydrogens (tertiary/aromatic N) is 2. The number of hydrogen-bond acceptors (Lipinski definition) is 7. The molecule has 0 aliphatic heterocycles. The largest absolute Gasteiger partial charge is 0.476 e. The standard InChI is InChI=1S/C10H18N4O3/c1-3-17-10-8(11)9(12-6-13-10)14-7(4-15)5-16-2/h6-7,15H,3-5,11H2,1-2H3,(H,12,13,14). The van der Waals surface area contributed by atoms with Gasteiger partial charge in [-0.3, -0.25) is 0 Å². The van der Waals surface area contributed by atoms with E-state index in [1.807, 2.05) is 6.92 Å². The van der Waals surface area contributed by atoms with E-state index in [4.69, 9.17) is 20.3 Å². The predicted octanol–water partition coefficient (Wildman–Crippen LogP) is -0.123. The molecule has 0 spiro atoms. The molecule has 4 N–H and O–H groups in total. The van der Waals surface area contributed by atoms with Crippen LogP contribution in [0.2, 0.25) is 0 Å². The highest BCUT2D eigenvalue weighted by Gasteiger charge is 2.13. The van der Waals surface area contributed by atoms with Crippen LogP contribution < -0.4 is 15.8 Å². The quantitative estimate of drug-likeness (QED) is 0.612. The fourth-order valence-corrected chi connectivity index (χ4v) is 1.28. The van der Waals surface area contributed by atoms with Crippen molar-refractivity contribution >= 4 is 11.5 Å². The number of nitrogen functional groups attached to an aromatic ring is 1. The molecule has 1 heterocycles. The first-order valence-electron chi connectivity index (χ1n) is 5.32. The van der Waals surface area contributed by atoms with Crippen molar-refractivity contribution in [2.45, 2.75) is 13.0 Å². The fraction of sp³-hybridized carbons (Fsp3) is 0.600. The third-order valence-corrected chi connectivity index (χ3v) is 2.06. The van der Waals surface area contributed by atoms with Crippen LogP contribution in [0.5, 0.6) is 5.88 Å². The van der Waals surface area contributed by atoms with Crippen LogP contribution in [0.3, 0.4) is 0 Å². The third kappa shape index (κ3) is 3.72. The summed E-state index contributed by atoms with van der Waals surface area (Å²) in [5.74, 6) is 0.763. The van der Waals surface area contributed by atoms with Gasteiger partial charge in [-0.05, 0) is 6.92 Å². The molecule has 1 aromatic heterocycles. The summed E-state index contributed by atoms with van der Waals surface area (Å²) in [6.45, 7) is 2.59. The van der Waals surface area contributed by atoms with E-state index in [9.17, 15) is 0 Å². The molecule has 0 bridgehead atoms. The first-order valence-corrected chi connectivity index (χ1v) is 5.32. The molecule has 7 heteroatoms. The monoisotopic (exact) mass is 242 g/mol. The molecule has 1 atom stereocenters. The molecule has 0 aliphatic rings. The second kappa shape index (κ2) is 6.87. The lowest BCUT2D eigenvalue weighted by Gasteiger charge is -2.17. The molecular formula is C10H18N4O3. The summed E-state index contributed by atoms with van der Waals surface area (Å²) in [6, 6.07) is -0.272. The number of aromatic nitrogens is 2. The van der Waals surface area contributed by atoms with Crippen LogP contribution in [0, 0.1) is 0 Å². The van der Waals surface area contributed by atoms with Gasteiger partial charge in [-0.15, -0.1) is 0 Å². The summed E-state index contributed by atoms with van der Waals surface area (Å²) < 4.78 is 10.2. The van der Waals surface area contributed by atoms with E-state index in [0.29, 0.717) is 30.6 Å². The molecule has 0 radical (unpaired) electrons. The van der Waals surface area contributed by atoms with Gasteiger partial charge in [0.1, 0.15) is 12.0 Å². The van der Waals surface area contributed by atoms with E-state index < -0.39 is 0 Å². The molecule has 96 valence electrons. The normalized spacial score (nSPS) is 12.2. The summed E-state index contributed by atoms with van der Waals surface area (Å²) >= 11 is 0. The van der Waals surface area contributed by atoms with Crippen molar-refractivity contribution in [1.29, 1.82) is 0 Å². The summed E-state index contributed by atoms with van der Waals surface area (Å²) in [5, 5.41) is 12.1. The predicted molar refractivity (Wildman–Crippen MR) is 64.0 cm³/mol. The number of nitrogens with two attached hydrogens (primary N) is 1. The number of methoxy groups -OCH3 is 1. The minimum atomic E-state index is -0.272. The van der Waals surface area contributed by atoms with Crippen LogP contribution in [-0.4, -0.2) is 48.0 Å². The minimum absolute atomic E-state index is 0.0821. The van der Waals surface area contributed by atoms with Crippen molar-refractivity contribution in [3.8, 4) is 5.88 Å². The summed E-state index contributed by atoms with van der Waals surface area (Å²) in [5.41, 5.74) is 6.16. The summed E-state index contributed by atoms with van der Waals surface area (Å²) in [7, 11) is 1.55. The van der Waals surface area contributed by atoms with Crippen molar-refractivity contribution in [3.63, 3.8) is 0 Å². The number of hydrogen-bond donors (Lipinski definition) is 3. The Bertz CT molecular complexity index is 348. The second-order valence-electron chi connectivity index (χ2n) is 3.35. The van der Waals surface area contributed by atoms with Gasteiger partial charge in [0.05, 0.1) is 25.9 Å². The van der Waals surface area contributed by atoms with Crippen LogP contribution in [0.4, 0.5) is 11.5 Å². The molecule has 1 rings (SSSR count). The van der Waals surface area contributed by atoms with Gasteiger partial charge in [-0.2, -0.15) is 4.98 Å². The molecule has 0 fully saturated rings. The number of nitrogens with one attached hydrogen (secondary N) is 1. The zero-order valence-corrected chi connectivity index (χ0v) is 10.0. The fourth-order valence-electron chi connectivity index (χ4n) is 1.28. The number of rotatable bonds is 7. The average molecular weight is 242 g/mol. The van der Waals surface area contributed by atoms with Crippen LogP contribution in [0.15, 0.2) is 6.33 Å². The second-order valence-corrected chi connectivity index (χ2v) is 3.35. The highest BCUT2D eigenvalue weighted by Crippen LogP contribution is 2.24. The first-order chi connectivity index (χ1) is 8.22. The molecule has 0 saturated carbocycles.